The zero-order valence-electron chi connectivity index (χ0n) is 8.00. The second kappa shape index (κ2) is 4.18. The summed E-state index contributed by atoms with van der Waals surface area (Å²) in [6, 6.07) is -0.527. The Bertz CT molecular complexity index is 321. The molecule has 1 aromatic rings. The van der Waals surface area contributed by atoms with E-state index >= 15 is 0 Å². The van der Waals surface area contributed by atoms with E-state index in [9.17, 15) is 17.6 Å². The predicted molar refractivity (Wildman–Crippen MR) is 45.8 cm³/mol. The van der Waals surface area contributed by atoms with E-state index in [1.807, 2.05) is 0 Å². The number of nitrogens with two attached hydrogens (primary N) is 1. The van der Waals surface area contributed by atoms with Crippen molar-refractivity contribution in [1.82, 2.24) is 9.55 Å². The maximum Gasteiger partial charge on any atom is 0.324 e. The third kappa shape index (κ3) is 2.68. The molecule has 0 saturated carbocycles. The molecule has 0 aromatic carbocycles. The predicted octanol–water partition coefficient (Wildman–Crippen LogP) is 1.80. The van der Waals surface area contributed by atoms with Crippen LogP contribution in [0, 0.1) is 0 Å². The number of imidazole rings is 1. The molecule has 1 heterocycles. The van der Waals surface area contributed by atoms with Crippen molar-refractivity contribution in [3.8, 4) is 0 Å². The van der Waals surface area contributed by atoms with Crippen molar-refractivity contribution in [1.29, 1.82) is 0 Å². The normalized spacial score (nSPS) is 14.6. The topological polar surface area (TPSA) is 43.8 Å². The lowest BCUT2D eigenvalue weighted by Gasteiger charge is -2.18. The summed E-state index contributed by atoms with van der Waals surface area (Å²) >= 11 is 0. The third-order valence-electron chi connectivity index (χ3n) is 1.91. The SMILES string of the molecule is CC(N)c1cncn1CC(F)(F)C(F)F. The van der Waals surface area contributed by atoms with Crippen molar-refractivity contribution >= 4 is 0 Å². The van der Waals surface area contributed by atoms with E-state index in [2.05, 4.69) is 4.98 Å². The minimum absolute atomic E-state index is 0.301. The molecule has 15 heavy (non-hydrogen) atoms. The Morgan fingerprint density at radius 2 is 2.13 bits per heavy atom. The van der Waals surface area contributed by atoms with Crippen LogP contribution in [0.3, 0.4) is 0 Å². The van der Waals surface area contributed by atoms with Gasteiger partial charge in [0.15, 0.2) is 0 Å². The molecule has 0 aliphatic carbocycles. The standard InChI is InChI=1S/C8H11F4N3/c1-5(13)6-2-14-4-15(6)3-8(11,12)7(9)10/h2,4-5,7H,3,13H2,1H3. The highest BCUT2D eigenvalue weighted by atomic mass is 19.3. The lowest BCUT2D eigenvalue weighted by Crippen LogP contribution is -2.33. The molecule has 1 unspecified atom stereocenters. The summed E-state index contributed by atoms with van der Waals surface area (Å²) in [5.41, 5.74) is 5.76. The van der Waals surface area contributed by atoms with E-state index in [1.54, 1.807) is 6.92 Å². The maximum atomic E-state index is 12.7. The highest BCUT2D eigenvalue weighted by molar-refractivity contribution is 5.03. The number of rotatable bonds is 4. The molecule has 0 aliphatic heterocycles. The van der Waals surface area contributed by atoms with Gasteiger partial charge in [-0.25, -0.2) is 13.8 Å². The third-order valence-corrected chi connectivity index (χ3v) is 1.91. The fraction of sp³-hybridized carbons (Fsp3) is 0.625. The van der Waals surface area contributed by atoms with E-state index in [0.29, 0.717) is 5.69 Å². The highest BCUT2D eigenvalue weighted by Crippen LogP contribution is 2.26. The number of aromatic nitrogens is 2. The van der Waals surface area contributed by atoms with Crippen LogP contribution in [-0.2, 0) is 6.54 Å². The van der Waals surface area contributed by atoms with E-state index in [1.165, 1.54) is 6.20 Å². The van der Waals surface area contributed by atoms with E-state index < -0.39 is 24.9 Å². The van der Waals surface area contributed by atoms with Crippen LogP contribution in [0.1, 0.15) is 18.7 Å². The van der Waals surface area contributed by atoms with Crippen LogP contribution in [0.15, 0.2) is 12.5 Å². The second-order valence-electron chi connectivity index (χ2n) is 3.30. The Morgan fingerprint density at radius 1 is 1.53 bits per heavy atom. The van der Waals surface area contributed by atoms with Crippen molar-refractivity contribution in [3.05, 3.63) is 18.2 Å². The Hall–Kier alpha value is -1.11. The lowest BCUT2D eigenvalue weighted by atomic mass is 10.2. The molecular weight excluding hydrogens is 214 g/mol. The molecule has 0 bridgehead atoms. The van der Waals surface area contributed by atoms with Crippen LogP contribution in [0.5, 0.6) is 0 Å². The van der Waals surface area contributed by atoms with Gasteiger partial charge in [0, 0.05) is 12.2 Å². The van der Waals surface area contributed by atoms with Gasteiger partial charge in [-0.05, 0) is 6.92 Å². The van der Waals surface area contributed by atoms with Crippen molar-refractivity contribution in [2.24, 2.45) is 5.73 Å². The van der Waals surface area contributed by atoms with Gasteiger partial charge in [-0.3, -0.25) is 0 Å². The lowest BCUT2D eigenvalue weighted by molar-refractivity contribution is -0.138. The number of halogens is 4. The molecule has 1 rings (SSSR count). The van der Waals surface area contributed by atoms with Crippen LogP contribution in [0.2, 0.25) is 0 Å². The highest BCUT2D eigenvalue weighted by Gasteiger charge is 2.41. The average Bonchev–Trinajstić information content (AvgIpc) is 2.51. The van der Waals surface area contributed by atoms with E-state index in [0.717, 1.165) is 10.9 Å². The minimum atomic E-state index is -4.07. The molecule has 1 aromatic heterocycles. The second-order valence-corrected chi connectivity index (χ2v) is 3.30. The van der Waals surface area contributed by atoms with Gasteiger partial charge in [0.05, 0.1) is 18.6 Å². The van der Waals surface area contributed by atoms with Crippen LogP contribution in [0.4, 0.5) is 17.6 Å². The van der Waals surface area contributed by atoms with Gasteiger partial charge in [-0.1, -0.05) is 0 Å². The first-order chi connectivity index (χ1) is 6.84. The summed E-state index contributed by atoms with van der Waals surface area (Å²) in [5, 5.41) is 0. The minimum Gasteiger partial charge on any atom is -0.327 e. The molecule has 0 aliphatic rings. The maximum absolute atomic E-state index is 12.7. The Kier molecular flexibility index (Phi) is 3.33. The smallest absolute Gasteiger partial charge is 0.324 e. The van der Waals surface area contributed by atoms with Crippen molar-refractivity contribution in [3.63, 3.8) is 0 Å². The fourth-order valence-electron chi connectivity index (χ4n) is 1.14. The first kappa shape index (κ1) is 12.0. The largest absolute Gasteiger partial charge is 0.327 e. The fourth-order valence-corrected chi connectivity index (χ4v) is 1.14. The van der Waals surface area contributed by atoms with Crippen molar-refractivity contribution in [2.75, 3.05) is 0 Å². The van der Waals surface area contributed by atoms with Crippen LogP contribution in [0.25, 0.3) is 0 Å². The monoisotopic (exact) mass is 225 g/mol. The zero-order chi connectivity index (χ0) is 11.6. The molecule has 7 heteroatoms. The molecule has 0 saturated heterocycles. The summed E-state index contributed by atoms with van der Waals surface area (Å²) in [4.78, 5) is 3.59. The number of nitrogens with zero attached hydrogens (tertiary/aromatic N) is 2. The Morgan fingerprint density at radius 3 is 2.60 bits per heavy atom. The summed E-state index contributed by atoms with van der Waals surface area (Å²) in [6.45, 7) is 0.454. The van der Waals surface area contributed by atoms with Gasteiger partial charge in [-0.15, -0.1) is 0 Å². The molecular formula is C8H11F4N3. The number of alkyl halides is 4. The van der Waals surface area contributed by atoms with E-state index in [4.69, 9.17) is 5.73 Å². The van der Waals surface area contributed by atoms with Crippen LogP contribution < -0.4 is 5.73 Å². The molecule has 0 fully saturated rings. The number of hydrogen-bond acceptors (Lipinski definition) is 2. The Labute approximate surface area is 83.9 Å². The van der Waals surface area contributed by atoms with Gasteiger partial charge >= 0.3 is 12.3 Å². The first-order valence-corrected chi connectivity index (χ1v) is 4.26. The molecule has 0 radical (unpaired) electrons. The van der Waals surface area contributed by atoms with Gasteiger partial charge in [-0.2, -0.15) is 8.78 Å². The molecule has 0 spiro atoms. The quantitative estimate of drug-likeness (QED) is 0.794. The van der Waals surface area contributed by atoms with E-state index in [-0.39, 0.29) is 0 Å². The summed E-state index contributed by atoms with van der Waals surface area (Å²) in [5.74, 6) is -4.07. The van der Waals surface area contributed by atoms with Crippen LogP contribution in [-0.4, -0.2) is 21.9 Å². The van der Waals surface area contributed by atoms with Gasteiger partial charge in [0.2, 0.25) is 0 Å². The van der Waals surface area contributed by atoms with Gasteiger partial charge in [0.1, 0.15) is 0 Å². The molecule has 1 atom stereocenters. The summed E-state index contributed by atoms with van der Waals surface area (Å²) in [6.07, 6.45) is -1.35. The molecule has 86 valence electrons. The van der Waals surface area contributed by atoms with Crippen LogP contribution >= 0.6 is 0 Å². The zero-order valence-corrected chi connectivity index (χ0v) is 8.00. The van der Waals surface area contributed by atoms with Crippen molar-refractivity contribution in [2.45, 2.75) is 31.9 Å². The first-order valence-electron chi connectivity index (χ1n) is 4.26. The summed E-state index contributed by atoms with van der Waals surface area (Å²) < 4.78 is 50.2. The average molecular weight is 225 g/mol. The van der Waals surface area contributed by atoms with Gasteiger partial charge in [0.25, 0.3) is 0 Å². The summed E-state index contributed by atoms with van der Waals surface area (Å²) in [7, 11) is 0. The number of hydrogen-bond donors (Lipinski definition) is 1. The Balaban J connectivity index is 2.85. The molecule has 2 N–H and O–H groups in total. The molecule has 3 nitrogen and oxygen atoms in total. The van der Waals surface area contributed by atoms with Gasteiger partial charge < -0.3 is 10.3 Å². The van der Waals surface area contributed by atoms with Crippen molar-refractivity contribution < 1.29 is 17.6 Å². The molecule has 0 amide bonds.